The van der Waals surface area contributed by atoms with E-state index in [4.69, 9.17) is 4.74 Å². The number of carbonyl (C=O) groups excluding carboxylic acids is 2. The molecule has 2 fully saturated rings. The molecule has 3 rings (SSSR count). The van der Waals surface area contributed by atoms with Gasteiger partial charge in [0.15, 0.2) is 6.10 Å². The first-order valence-corrected chi connectivity index (χ1v) is 7.21. The van der Waals surface area contributed by atoms with Crippen LogP contribution in [0.15, 0.2) is 30.3 Å². The monoisotopic (exact) mass is 289 g/mol. The van der Waals surface area contributed by atoms with Gasteiger partial charge in [-0.3, -0.25) is 9.59 Å². The third-order valence-electron chi connectivity index (χ3n) is 3.81. The molecule has 0 spiro atoms. The molecule has 2 heterocycles. The zero-order valence-corrected chi connectivity index (χ0v) is 11.8. The maximum Gasteiger partial charge on any atom is 0.254 e. The lowest BCUT2D eigenvalue weighted by Crippen LogP contribution is -2.56. The Balaban J connectivity index is 1.65. The number of hydrogen-bond donors (Lipinski definition) is 1. The lowest BCUT2D eigenvalue weighted by atomic mass is 10.2. The minimum Gasteiger partial charge on any atom is -0.366 e. The van der Waals surface area contributed by atoms with E-state index in [0.29, 0.717) is 26.2 Å². The van der Waals surface area contributed by atoms with Crippen molar-refractivity contribution in [3.63, 3.8) is 0 Å². The highest BCUT2D eigenvalue weighted by Crippen LogP contribution is 2.18. The van der Waals surface area contributed by atoms with Crippen molar-refractivity contribution in [2.24, 2.45) is 0 Å². The molecule has 21 heavy (non-hydrogen) atoms. The van der Waals surface area contributed by atoms with E-state index in [1.165, 1.54) is 0 Å². The molecule has 2 aliphatic rings. The predicted octanol–water partition coefficient (Wildman–Crippen LogP) is -0.150. The summed E-state index contributed by atoms with van der Waals surface area (Å²) in [6.45, 7) is 3.01. The summed E-state index contributed by atoms with van der Waals surface area (Å²) in [6, 6.07) is 9.99. The number of piperazine rings is 1. The SMILES string of the molecule is O=C1CN(C(=O)[C@H]2CN(c3ccccc3)CCO2)CCN1. The number of morpholine rings is 1. The number of benzene rings is 1. The van der Waals surface area contributed by atoms with Crippen molar-refractivity contribution in [1.82, 2.24) is 10.2 Å². The van der Waals surface area contributed by atoms with Crippen molar-refractivity contribution in [2.45, 2.75) is 6.10 Å². The zero-order valence-electron chi connectivity index (χ0n) is 11.8. The van der Waals surface area contributed by atoms with Crippen LogP contribution < -0.4 is 10.2 Å². The summed E-state index contributed by atoms with van der Waals surface area (Å²) >= 11 is 0. The third kappa shape index (κ3) is 3.16. The molecule has 2 amide bonds. The molecule has 0 radical (unpaired) electrons. The largest absolute Gasteiger partial charge is 0.366 e. The number of carbonyl (C=O) groups is 2. The number of nitrogens with zero attached hydrogens (tertiary/aromatic N) is 2. The summed E-state index contributed by atoms with van der Waals surface area (Å²) in [5.41, 5.74) is 1.09. The Morgan fingerprint density at radius 2 is 2.05 bits per heavy atom. The van der Waals surface area contributed by atoms with Crippen molar-refractivity contribution in [3.8, 4) is 0 Å². The predicted molar refractivity (Wildman–Crippen MR) is 78.0 cm³/mol. The van der Waals surface area contributed by atoms with Gasteiger partial charge in [0.25, 0.3) is 5.91 Å². The Kier molecular flexibility index (Phi) is 4.06. The zero-order chi connectivity index (χ0) is 14.7. The van der Waals surface area contributed by atoms with Crippen molar-refractivity contribution < 1.29 is 14.3 Å². The highest BCUT2D eigenvalue weighted by atomic mass is 16.5. The fourth-order valence-electron chi connectivity index (χ4n) is 2.70. The van der Waals surface area contributed by atoms with E-state index >= 15 is 0 Å². The number of rotatable bonds is 2. The Hall–Kier alpha value is -2.08. The normalized spacial score (nSPS) is 22.9. The standard InChI is InChI=1S/C15H19N3O3/c19-14-11-18(7-6-16-14)15(20)13-10-17(8-9-21-13)12-4-2-1-3-5-12/h1-5,13H,6-11H2,(H,16,19)/t13-/m1/s1. The number of amides is 2. The summed E-state index contributed by atoms with van der Waals surface area (Å²) in [7, 11) is 0. The molecule has 2 saturated heterocycles. The Morgan fingerprint density at radius 1 is 1.24 bits per heavy atom. The molecule has 1 aromatic carbocycles. The summed E-state index contributed by atoms with van der Waals surface area (Å²) < 4.78 is 5.62. The van der Waals surface area contributed by atoms with E-state index in [2.05, 4.69) is 10.2 Å². The number of anilines is 1. The molecule has 6 nitrogen and oxygen atoms in total. The Morgan fingerprint density at radius 3 is 2.81 bits per heavy atom. The van der Waals surface area contributed by atoms with Gasteiger partial charge in [0.05, 0.1) is 19.7 Å². The van der Waals surface area contributed by atoms with E-state index in [0.717, 1.165) is 12.2 Å². The van der Waals surface area contributed by atoms with Gasteiger partial charge in [-0.15, -0.1) is 0 Å². The van der Waals surface area contributed by atoms with E-state index in [1.54, 1.807) is 4.90 Å². The third-order valence-corrected chi connectivity index (χ3v) is 3.81. The van der Waals surface area contributed by atoms with Crippen LogP contribution in [0.5, 0.6) is 0 Å². The second-order valence-electron chi connectivity index (χ2n) is 5.25. The number of ether oxygens (including phenoxy) is 1. The topological polar surface area (TPSA) is 61.9 Å². The van der Waals surface area contributed by atoms with Gasteiger partial charge in [-0.1, -0.05) is 18.2 Å². The van der Waals surface area contributed by atoms with Crippen molar-refractivity contribution >= 4 is 17.5 Å². The minimum atomic E-state index is -0.496. The molecule has 0 aliphatic carbocycles. The highest BCUT2D eigenvalue weighted by molar-refractivity contribution is 5.88. The molecule has 112 valence electrons. The summed E-state index contributed by atoms with van der Waals surface area (Å²) in [5.74, 6) is -0.198. The molecule has 0 bridgehead atoms. The van der Waals surface area contributed by atoms with Crippen LogP contribution in [0.25, 0.3) is 0 Å². The van der Waals surface area contributed by atoms with Crippen molar-refractivity contribution in [3.05, 3.63) is 30.3 Å². The van der Waals surface area contributed by atoms with E-state index in [1.807, 2.05) is 30.3 Å². The van der Waals surface area contributed by atoms with Crippen LogP contribution in [0.1, 0.15) is 0 Å². The van der Waals surface area contributed by atoms with Gasteiger partial charge in [-0.25, -0.2) is 0 Å². The molecule has 0 unspecified atom stereocenters. The number of para-hydroxylation sites is 1. The average molecular weight is 289 g/mol. The van der Waals surface area contributed by atoms with E-state index in [9.17, 15) is 9.59 Å². The van der Waals surface area contributed by atoms with Crippen LogP contribution in [-0.4, -0.2) is 62.1 Å². The van der Waals surface area contributed by atoms with Crippen LogP contribution in [0.4, 0.5) is 5.69 Å². The molecule has 6 heteroatoms. The van der Waals surface area contributed by atoms with Crippen LogP contribution in [0.2, 0.25) is 0 Å². The highest BCUT2D eigenvalue weighted by Gasteiger charge is 2.32. The number of nitrogens with one attached hydrogen (secondary N) is 1. The van der Waals surface area contributed by atoms with Gasteiger partial charge in [0, 0.05) is 25.3 Å². The van der Waals surface area contributed by atoms with Crippen molar-refractivity contribution in [2.75, 3.05) is 44.2 Å². The maximum atomic E-state index is 12.5. The lowest BCUT2D eigenvalue weighted by Gasteiger charge is -2.37. The minimum absolute atomic E-state index is 0.0921. The maximum absolute atomic E-state index is 12.5. The molecule has 1 atom stereocenters. The second kappa shape index (κ2) is 6.13. The molecule has 1 aromatic rings. The molecular formula is C15H19N3O3. The second-order valence-corrected chi connectivity index (χ2v) is 5.25. The molecule has 0 aromatic heterocycles. The summed E-state index contributed by atoms with van der Waals surface area (Å²) in [6.07, 6.45) is -0.496. The fraction of sp³-hybridized carbons (Fsp3) is 0.467. The van der Waals surface area contributed by atoms with Crippen molar-refractivity contribution in [1.29, 1.82) is 0 Å². The number of hydrogen-bond acceptors (Lipinski definition) is 4. The van der Waals surface area contributed by atoms with Crippen LogP contribution in [-0.2, 0) is 14.3 Å². The first kappa shape index (κ1) is 13.9. The molecule has 0 saturated carbocycles. The Bertz CT molecular complexity index is 520. The first-order valence-electron chi connectivity index (χ1n) is 7.21. The fourth-order valence-corrected chi connectivity index (χ4v) is 2.70. The quantitative estimate of drug-likeness (QED) is 0.822. The van der Waals surface area contributed by atoms with Gasteiger partial charge >= 0.3 is 0 Å². The van der Waals surface area contributed by atoms with Crippen LogP contribution >= 0.6 is 0 Å². The van der Waals surface area contributed by atoms with Crippen LogP contribution in [0, 0.1) is 0 Å². The first-order chi connectivity index (χ1) is 10.2. The van der Waals surface area contributed by atoms with Gasteiger partial charge in [0.1, 0.15) is 0 Å². The Labute approximate surface area is 123 Å². The molecular weight excluding hydrogens is 270 g/mol. The molecule has 2 aliphatic heterocycles. The molecule has 1 N–H and O–H groups in total. The van der Waals surface area contributed by atoms with Gasteiger partial charge < -0.3 is 19.9 Å². The smallest absolute Gasteiger partial charge is 0.254 e. The van der Waals surface area contributed by atoms with E-state index < -0.39 is 6.10 Å². The van der Waals surface area contributed by atoms with E-state index in [-0.39, 0.29) is 18.4 Å². The van der Waals surface area contributed by atoms with Gasteiger partial charge in [-0.2, -0.15) is 0 Å². The average Bonchev–Trinajstić information content (AvgIpc) is 2.55. The lowest BCUT2D eigenvalue weighted by molar-refractivity contribution is -0.148. The van der Waals surface area contributed by atoms with Gasteiger partial charge in [0.2, 0.25) is 5.91 Å². The van der Waals surface area contributed by atoms with Crippen LogP contribution in [0.3, 0.4) is 0 Å². The van der Waals surface area contributed by atoms with Gasteiger partial charge in [-0.05, 0) is 12.1 Å². The summed E-state index contributed by atoms with van der Waals surface area (Å²) in [4.78, 5) is 27.6. The summed E-state index contributed by atoms with van der Waals surface area (Å²) in [5, 5.41) is 2.72.